The number of hydrogen-bond donors (Lipinski definition) is 3. The fraction of sp³-hybridized carbons (Fsp3) is 0.263. The summed E-state index contributed by atoms with van der Waals surface area (Å²) in [6.07, 6.45) is 0.559. The van der Waals surface area contributed by atoms with Crippen LogP contribution in [0.3, 0.4) is 0 Å². The number of aliphatic hydroxyl groups is 1. The van der Waals surface area contributed by atoms with Gasteiger partial charge in [0.05, 0.1) is 30.3 Å². The Hall–Kier alpha value is -2.84. The van der Waals surface area contributed by atoms with E-state index in [2.05, 4.69) is 16.7 Å². The molecule has 2 amide bonds. The maximum absolute atomic E-state index is 12.1. The number of urea groups is 1. The van der Waals surface area contributed by atoms with Crippen molar-refractivity contribution in [3.05, 3.63) is 71.3 Å². The standard InChI is InChI=1S/C19H21N3O2/c1-14(17-9-5-8-16(10-17)12-20)21-19(24)22-18(13-23)11-15-6-3-2-4-7-15/h2-10,14,18,23H,11,13H2,1H3,(H2,21,22,24)/t14-,18+/m1/s1. The minimum absolute atomic E-state index is 0.138. The van der Waals surface area contributed by atoms with Crippen molar-refractivity contribution in [3.8, 4) is 6.07 Å². The summed E-state index contributed by atoms with van der Waals surface area (Å²) in [5, 5.41) is 24.0. The molecule has 0 spiro atoms. The smallest absolute Gasteiger partial charge is 0.315 e. The molecule has 2 atom stereocenters. The van der Waals surface area contributed by atoms with Crippen LogP contribution in [0.4, 0.5) is 4.79 Å². The Kier molecular flexibility index (Phi) is 6.35. The summed E-state index contributed by atoms with van der Waals surface area (Å²) in [7, 11) is 0. The van der Waals surface area contributed by atoms with Crippen LogP contribution in [0, 0.1) is 11.3 Å². The molecule has 0 aliphatic heterocycles. The van der Waals surface area contributed by atoms with Gasteiger partial charge in [-0.15, -0.1) is 0 Å². The Bertz CT molecular complexity index is 710. The van der Waals surface area contributed by atoms with Crippen LogP contribution in [0.1, 0.15) is 29.7 Å². The fourth-order valence-electron chi connectivity index (χ4n) is 2.44. The summed E-state index contributed by atoms with van der Waals surface area (Å²) in [6.45, 7) is 1.71. The first-order valence-electron chi connectivity index (χ1n) is 7.84. The van der Waals surface area contributed by atoms with Gasteiger partial charge >= 0.3 is 6.03 Å². The van der Waals surface area contributed by atoms with E-state index in [9.17, 15) is 9.90 Å². The predicted molar refractivity (Wildman–Crippen MR) is 92.3 cm³/mol. The van der Waals surface area contributed by atoms with Gasteiger partial charge in [-0.2, -0.15) is 5.26 Å². The molecule has 0 unspecified atom stereocenters. The van der Waals surface area contributed by atoms with Crippen LogP contribution in [0.5, 0.6) is 0 Å². The molecule has 0 aliphatic rings. The Labute approximate surface area is 141 Å². The average Bonchev–Trinajstić information content (AvgIpc) is 2.62. The molecule has 0 fully saturated rings. The number of rotatable bonds is 6. The Balaban J connectivity index is 1.92. The molecule has 0 aromatic heterocycles. The highest BCUT2D eigenvalue weighted by molar-refractivity contribution is 5.74. The third kappa shape index (κ3) is 5.11. The molecule has 0 saturated carbocycles. The number of hydrogen-bond acceptors (Lipinski definition) is 3. The van der Waals surface area contributed by atoms with Gasteiger partial charge in [0, 0.05) is 0 Å². The number of nitrogens with zero attached hydrogens (tertiary/aromatic N) is 1. The van der Waals surface area contributed by atoms with E-state index in [0.29, 0.717) is 12.0 Å². The number of nitriles is 1. The van der Waals surface area contributed by atoms with E-state index in [0.717, 1.165) is 11.1 Å². The van der Waals surface area contributed by atoms with Gasteiger partial charge < -0.3 is 15.7 Å². The number of aliphatic hydroxyl groups excluding tert-OH is 1. The van der Waals surface area contributed by atoms with E-state index in [4.69, 9.17) is 5.26 Å². The molecule has 24 heavy (non-hydrogen) atoms. The lowest BCUT2D eigenvalue weighted by atomic mass is 10.1. The van der Waals surface area contributed by atoms with Crippen LogP contribution in [0.2, 0.25) is 0 Å². The summed E-state index contributed by atoms with van der Waals surface area (Å²) in [6, 6.07) is 17.9. The third-order valence-corrected chi connectivity index (χ3v) is 3.74. The summed E-state index contributed by atoms with van der Waals surface area (Å²) in [5.41, 5.74) is 2.46. The molecule has 124 valence electrons. The van der Waals surface area contributed by atoms with Crippen molar-refractivity contribution in [2.45, 2.75) is 25.4 Å². The number of carbonyl (C=O) groups excluding carboxylic acids is 1. The molecule has 5 nitrogen and oxygen atoms in total. The second-order valence-corrected chi connectivity index (χ2v) is 5.65. The lowest BCUT2D eigenvalue weighted by molar-refractivity contribution is 0.213. The van der Waals surface area contributed by atoms with Gasteiger partial charge in [-0.1, -0.05) is 42.5 Å². The Morgan fingerprint density at radius 2 is 1.92 bits per heavy atom. The fourth-order valence-corrected chi connectivity index (χ4v) is 2.44. The number of carbonyl (C=O) groups is 1. The molecular formula is C19H21N3O2. The highest BCUT2D eigenvalue weighted by atomic mass is 16.3. The Morgan fingerprint density at radius 1 is 1.17 bits per heavy atom. The number of nitrogens with one attached hydrogen (secondary N) is 2. The van der Waals surface area contributed by atoms with Gasteiger partial charge in [0.2, 0.25) is 0 Å². The minimum Gasteiger partial charge on any atom is -0.394 e. The number of amides is 2. The topological polar surface area (TPSA) is 85.2 Å². The van der Waals surface area contributed by atoms with Gasteiger partial charge in [0.25, 0.3) is 0 Å². The summed E-state index contributed by atoms with van der Waals surface area (Å²) >= 11 is 0. The van der Waals surface area contributed by atoms with Crippen molar-refractivity contribution in [2.75, 3.05) is 6.61 Å². The van der Waals surface area contributed by atoms with E-state index in [-0.39, 0.29) is 24.7 Å². The molecule has 0 saturated heterocycles. The molecule has 2 aromatic rings. The zero-order chi connectivity index (χ0) is 17.4. The number of benzene rings is 2. The molecular weight excluding hydrogens is 302 g/mol. The van der Waals surface area contributed by atoms with Crippen molar-refractivity contribution in [1.82, 2.24) is 10.6 Å². The molecule has 0 bridgehead atoms. The normalized spacial score (nSPS) is 12.7. The molecule has 2 aromatic carbocycles. The van der Waals surface area contributed by atoms with Crippen LogP contribution in [-0.2, 0) is 6.42 Å². The first-order valence-corrected chi connectivity index (χ1v) is 7.84. The first-order chi connectivity index (χ1) is 11.6. The van der Waals surface area contributed by atoms with E-state index >= 15 is 0 Å². The quantitative estimate of drug-likeness (QED) is 0.763. The van der Waals surface area contributed by atoms with E-state index < -0.39 is 0 Å². The van der Waals surface area contributed by atoms with Gasteiger partial charge in [-0.3, -0.25) is 0 Å². The van der Waals surface area contributed by atoms with Crippen molar-refractivity contribution in [2.24, 2.45) is 0 Å². The van der Waals surface area contributed by atoms with Crippen molar-refractivity contribution >= 4 is 6.03 Å². The van der Waals surface area contributed by atoms with Crippen molar-refractivity contribution in [1.29, 1.82) is 5.26 Å². The summed E-state index contributed by atoms with van der Waals surface area (Å²) < 4.78 is 0. The van der Waals surface area contributed by atoms with E-state index in [1.807, 2.05) is 43.3 Å². The second-order valence-electron chi connectivity index (χ2n) is 5.65. The van der Waals surface area contributed by atoms with Crippen LogP contribution < -0.4 is 10.6 Å². The van der Waals surface area contributed by atoms with Gasteiger partial charge in [0.1, 0.15) is 0 Å². The van der Waals surface area contributed by atoms with Crippen LogP contribution in [0.15, 0.2) is 54.6 Å². The second kappa shape index (κ2) is 8.70. The SMILES string of the molecule is C[C@@H](NC(=O)N[C@H](CO)Cc1ccccc1)c1cccc(C#N)c1. The molecule has 0 radical (unpaired) electrons. The van der Waals surface area contributed by atoms with Crippen molar-refractivity contribution in [3.63, 3.8) is 0 Å². The van der Waals surface area contributed by atoms with Crippen LogP contribution >= 0.6 is 0 Å². The lowest BCUT2D eigenvalue weighted by Crippen LogP contribution is -2.45. The highest BCUT2D eigenvalue weighted by Crippen LogP contribution is 2.13. The molecule has 5 heteroatoms. The Morgan fingerprint density at radius 3 is 2.58 bits per heavy atom. The average molecular weight is 323 g/mol. The highest BCUT2D eigenvalue weighted by Gasteiger charge is 2.15. The zero-order valence-corrected chi connectivity index (χ0v) is 13.6. The molecule has 2 rings (SSSR count). The molecule has 3 N–H and O–H groups in total. The molecule has 0 aliphatic carbocycles. The monoisotopic (exact) mass is 323 g/mol. The molecule has 0 heterocycles. The summed E-state index contributed by atoms with van der Waals surface area (Å²) in [4.78, 5) is 12.1. The maximum atomic E-state index is 12.1. The van der Waals surface area contributed by atoms with Gasteiger partial charge in [-0.25, -0.2) is 4.79 Å². The largest absolute Gasteiger partial charge is 0.394 e. The lowest BCUT2D eigenvalue weighted by Gasteiger charge is -2.20. The van der Waals surface area contributed by atoms with Crippen LogP contribution in [0.25, 0.3) is 0 Å². The third-order valence-electron chi connectivity index (χ3n) is 3.74. The van der Waals surface area contributed by atoms with E-state index in [1.165, 1.54) is 0 Å². The first kappa shape index (κ1) is 17.5. The maximum Gasteiger partial charge on any atom is 0.315 e. The summed E-state index contributed by atoms with van der Waals surface area (Å²) in [5.74, 6) is 0. The van der Waals surface area contributed by atoms with Gasteiger partial charge in [0.15, 0.2) is 0 Å². The zero-order valence-electron chi connectivity index (χ0n) is 13.6. The minimum atomic E-state index is -0.356. The van der Waals surface area contributed by atoms with Crippen molar-refractivity contribution < 1.29 is 9.90 Å². The predicted octanol–water partition coefficient (Wildman–Crippen LogP) is 2.52. The van der Waals surface area contributed by atoms with Crippen LogP contribution in [-0.4, -0.2) is 23.8 Å². The van der Waals surface area contributed by atoms with Gasteiger partial charge in [-0.05, 0) is 36.6 Å². The van der Waals surface area contributed by atoms with E-state index in [1.54, 1.807) is 18.2 Å².